The zero-order valence-corrected chi connectivity index (χ0v) is 24.4. The van der Waals surface area contributed by atoms with E-state index >= 15 is 0 Å². The van der Waals surface area contributed by atoms with E-state index in [4.69, 9.17) is 11.6 Å². The van der Waals surface area contributed by atoms with Crippen molar-refractivity contribution in [3.63, 3.8) is 0 Å². The summed E-state index contributed by atoms with van der Waals surface area (Å²) in [7, 11) is -4.13. The van der Waals surface area contributed by atoms with Gasteiger partial charge in [-0.3, -0.25) is 13.9 Å². The number of hydrogen-bond acceptors (Lipinski definition) is 4. The maximum atomic E-state index is 13.9. The maximum Gasteiger partial charge on any atom is 0.264 e. The third-order valence-corrected chi connectivity index (χ3v) is 8.48. The summed E-state index contributed by atoms with van der Waals surface area (Å²) in [6, 6.07) is 19.7. The first-order valence-electron chi connectivity index (χ1n) is 13.0. The molecule has 1 unspecified atom stereocenters. The molecule has 0 aromatic heterocycles. The Morgan fingerprint density at radius 3 is 2.15 bits per heavy atom. The Labute approximate surface area is 236 Å². The second-order valence-corrected chi connectivity index (χ2v) is 11.9. The number of rotatable bonds is 12. The van der Waals surface area contributed by atoms with E-state index in [1.807, 2.05) is 45.0 Å². The molecule has 0 bridgehead atoms. The van der Waals surface area contributed by atoms with E-state index in [0.29, 0.717) is 11.6 Å². The lowest BCUT2D eigenvalue weighted by Gasteiger charge is -2.32. The Morgan fingerprint density at radius 2 is 1.56 bits per heavy atom. The first-order valence-corrected chi connectivity index (χ1v) is 14.8. The standard InChI is InChI=1S/C30H36ClN3O4S/c1-5-6-18-32-30(36)24(4)33(20-25-14-10-22(2)11-15-25)29(35)21-34(27-9-7-8-26(31)19-27)39(37,38)28-16-12-23(3)13-17-28/h7-17,19,24H,5-6,18,20-21H2,1-4H3,(H,32,36). The summed E-state index contributed by atoms with van der Waals surface area (Å²) in [5, 5.41) is 3.22. The van der Waals surface area contributed by atoms with Crippen molar-refractivity contribution in [3.05, 3.63) is 94.5 Å². The van der Waals surface area contributed by atoms with Crippen LogP contribution in [0.25, 0.3) is 0 Å². The topological polar surface area (TPSA) is 86.8 Å². The minimum atomic E-state index is -4.13. The summed E-state index contributed by atoms with van der Waals surface area (Å²) in [6.45, 7) is 7.67. The van der Waals surface area contributed by atoms with E-state index in [2.05, 4.69) is 5.32 Å². The Balaban J connectivity index is 1.99. The van der Waals surface area contributed by atoms with Gasteiger partial charge in [-0.05, 0) is 63.1 Å². The summed E-state index contributed by atoms with van der Waals surface area (Å²) >= 11 is 6.21. The van der Waals surface area contributed by atoms with Crippen molar-refractivity contribution >= 4 is 39.1 Å². The fraction of sp³-hybridized carbons (Fsp3) is 0.333. The number of sulfonamides is 1. The molecule has 208 valence electrons. The van der Waals surface area contributed by atoms with Gasteiger partial charge in [0.1, 0.15) is 12.6 Å². The van der Waals surface area contributed by atoms with Gasteiger partial charge in [0.05, 0.1) is 10.6 Å². The van der Waals surface area contributed by atoms with Crippen LogP contribution in [0.5, 0.6) is 0 Å². The van der Waals surface area contributed by atoms with Crippen LogP contribution in [0.2, 0.25) is 5.02 Å². The summed E-state index contributed by atoms with van der Waals surface area (Å²) in [6.07, 6.45) is 1.74. The summed E-state index contributed by atoms with van der Waals surface area (Å²) in [5.74, 6) is -0.802. The van der Waals surface area contributed by atoms with E-state index in [-0.39, 0.29) is 23.0 Å². The number of amides is 2. The minimum Gasteiger partial charge on any atom is -0.354 e. The lowest BCUT2D eigenvalue weighted by Crippen LogP contribution is -2.51. The third kappa shape index (κ3) is 8.07. The molecule has 0 saturated heterocycles. The van der Waals surface area contributed by atoms with Crippen molar-refractivity contribution in [2.45, 2.75) is 58.0 Å². The van der Waals surface area contributed by atoms with Crippen LogP contribution < -0.4 is 9.62 Å². The monoisotopic (exact) mass is 569 g/mol. The average Bonchev–Trinajstić information content (AvgIpc) is 2.91. The Hall–Kier alpha value is -3.36. The number of anilines is 1. The van der Waals surface area contributed by atoms with Crippen LogP contribution in [0.1, 0.15) is 43.4 Å². The number of carbonyl (C=O) groups is 2. The molecule has 3 aromatic carbocycles. The van der Waals surface area contributed by atoms with E-state index in [1.54, 1.807) is 37.3 Å². The minimum absolute atomic E-state index is 0.0521. The maximum absolute atomic E-state index is 13.9. The van der Waals surface area contributed by atoms with Crippen molar-refractivity contribution in [2.24, 2.45) is 0 Å². The van der Waals surface area contributed by atoms with Gasteiger partial charge in [-0.2, -0.15) is 0 Å². The normalized spacial score (nSPS) is 12.0. The molecule has 39 heavy (non-hydrogen) atoms. The van der Waals surface area contributed by atoms with E-state index in [1.165, 1.54) is 23.1 Å². The Bertz CT molecular complexity index is 1380. The fourth-order valence-corrected chi connectivity index (χ4v) is 5.60. The second kappa shape index (κ2) is 13.6. The van der Waals surface area contributed by atoms with Crippen molar-refractivity contribution in [2.75, 3.05) is 17.4 Å². The van der Waals surface area contributed by atoms with Gasteiger partial charge in [0, 0.05) is 18.1 Å². The molecular formula is C30H36ClN3O4S. The Kier molecular flexibility index (Phi) is 10.5. The third-order valence-electron chi connectivity index (χ3n) is 6.45. The van der Waals surface area contributed by atoms with Gasteiger partial charge in [-0.25, -0.2) is 8.42 Å². The van der Waals surface area contributed by atoms with Crippen LogP contribution >= 0.6 is 11.6 Å². The number of carbonyl (C=O) groups excluding carboxylic acids is 2. The highest BCUT2D eigenvalue weighted by molar-refractivity contribution is 7.92. The van der Waals surface area contributed by atoms with E-state index in [0.717, 1.165) is 33.8 Å². The highest BCUT2D eigenvalue weighted by atomic mass is 35.5. The molecule has 0 aliphatic rings. The molecule has 1 atom stereocenters. The first kappa shape index (κ1) is 30.2. The highest BCUT2D eigenvalue weighted by Crippen LogP contribution is 2.27. The van der Waals surface area contributed by atoms with E-state index < -0.39 is 28.5 Å². The molecule has 0 fully saturated rings. The molecule has 2 amide bonds. The highest BCUT2D eigenvalue weighted by Gasteiger charge is 2.32. The van der Waals surface area contributed by atoms with Gasteiger partial charge < -0.3 is 10.2 Å². The first-order chi connectivity index (χ1) is 18.5. The molecule has 7 nitrogen and oxygen atoms in total. The molecule has 3 aromatic rings. The number of halogens is 1. The van der Waals surface area contributed by atoms with Crippen molar-refractivity contribution < 1.29 is 18.0 Å². The smallest absolute Gasteiger partial charge is 0.264 e. The van der Waals surface area contributed by atoms with Crippen LogP contribution in [0.15, 0.2) is 77.7 Å². The average molecular weight is 570 g/mol. The van der Waals surface area contributed by atoms with Crippen LogP contribution in [-0.2, 0) is 26.2 Å². The van der Waals surface area contributed by atoms with Crippen molar-refractivity contribution in [1.82, 2.24) is 10.2 Å². The van der Waals surface area contributed by atoms with Gasteiger partial charge in [-0.1, -0.05) is 78.5 Å². The van der Waals surface area contributed by atoms with E-state index in [9.17, 15) is 18.0 Å². The van der Waals surface area contributed by atoms with Crippen LogP contribution in [0.4, 0.5) is 5.69 Å². The molecule has 0 aliphatic carbocycles. The molecule has 9 heteroatoms. The largest absolute Gasteiger partial charge is 0.354 e. The molecule has 0 saturated carbocycles. The van der Waals surface area contributed by atoms with Gasteiger partial charge in [0.25, 0.3) is 10.0 Å². The van der Waals surface area contributed by atoms with Crippen LogP contribution in [0.3, 0.4) is 0 Å². The molecular weight excluding hydrogens is 534 g/mol. The molecule has 0 spiro atoms. The SMILES string of the molecule is CCCCNC(=O)C(C)N(Cc1ccc(C)cc1)C(=O)CN(c1cccc(Cl)c1)S(=O)(=O)c1ccc(C)cc1. The predicted octanol–water partition coefficient (Wildman–Crippen LogP) is 5.49. The van der Waals surface area contributed by atoms with Gasteiger partial charge in [0.15, 0.2) is 0 Å². The summed E-state index contributed by atoms with van der Waals surface area (Å²) in [4.78, 5) is 28.4. The van der Waals surface area contributed by atoms with Gasteiger partial charge >= 0.3 is 0 Å². The summed E-state index contributed by atoms with van der Waals surface area (Å²) < 4.78 is 28.7. The number of nitrogens with zero attached hydrogens (tertiary/aromatic N) is 2. The van der Waals surface area contributed by atoms with Gasteiger partial charge in [0.2, 0.25) is 11.8 Å². The molecule has 0 radical (unpaired) electrons. The molecule has 1 N–H and O–H groups in total. The Morgan fingerprint density at radius 1 is 0.949 bits per heavy atom. The zero-order valence-electron chi connectivity index (χ0n) is 22.9. The fourth-order valence-electron chi connectivity index (χ4n) is 4.01. The second-order valence-electron chi connectivity index (χ2n) is 9.63. The molecule has 0 heterocycles. The number of benzene rings is 3. The number of aryl methyl sites for hydroxylation is 2. The predicted molar refractivity (Wildman–Crippen MR) is 156 cm³/mol. The lowest BCUT2D eigenvalue weighted by molar-refractivity contribution is -0.139. The van der Waals surface area contributed by atoms with Crippen LogP contribution in [0, 0.1) is 13.8 Å². The molecule has 3 rings (SSSR count). The van der Waals surface area contributed by atoms with Crippen LogP contribution in [-0.4, -0.2) is 44.3 Å². The number of hydrogen-bond donors (Lipinski definition) is 1. The molecule has 0 aliphatic heterocycles. The quantitative estimate of drug-likeness (QED) is 0.292. The van der Waals surface area contributed by atoms with Gasteiger partial charge in [-0.15, -0.1) is 0 Å². The lowest BCUT2D eigenvalue weighted by atomic mass is 10.1. The number of unbranched alkanes of at least 4 members (excludes halogenated alkanes) is 1. The number of nitrogens with one attached hydrogen (secondary N) is 1. The van der Waals surface area contributed by atoms with Crippen molar-refractivity contribution in [1.29, 1.82) is 0 Å². The zero-order chi connectivity index (χ0) is 28.6. The summed E-state index contributed by atoms with van der Waals surface area (Å²) in [5.41, 5.74) is 3.06. The van der Waals surface area contributed by atoms with Crippen molar-refractivity contribution in [3.8, 4) is 0 Å².